The Bertz CT molecular complexity index is 528. The van der Waals surface area contributed by atoms with E-state index in [2.05, 4.69) is 0 Å². The molecule has 120 valence electrons. The second-order valence-electron chi connectivity index (χ2n) is 4.84. The Morgan fingerprint density at radius 1 is 1.00 bits per heavy atom. The number of piperazine rings is 1. The number of hydrogen-bond acceptors (Lipinski definition) is 5. The van der Waals surface area contributed by atoms with Crippen molar-refractivity contribution in [1.29, 1.82) is 0 Å². The first-order chi connectivity index (χ1) is 10.6. The van der Waals surface area contributed by atoms with Crippen LogP contribution in [0.25, 0.3) is 0 Å². The molecule has 7 nitrogen and oxygen atoms in total. The van der Waals surface area contributed by atoms with Crippen molar-refractivity contribution in [2.24, 2.45) is 0 Å². The third kappa shape index (κ3) is 3.08. The third-order valence-electron chi connectivity index (χ3n) is 3.68. The van der Waals surface area contributed by atoms with Gasteiger partial charge < -0.3 is 24.0 Å². The van der Waals surface area contributed by atoms with E-state index < -0.39 is 0 Å². The SMILES string of the molecule is COc1cc(OC)c(C(=O)N2CCN(C=O)CC2)c(OC)c1. The largest absolute Gasteiger partial charge is 0.496 e. The first-order valence-corrected chi connectivity index (χ1v) is 6.93. The van der Waals surface area contributed by atoms with Gasteiger partial charge in [-0.05, 0) is 0 Å². The Morgan fingerprint density at radius 2 is 1.55 bits per heavy atom. The summed E-state index contributed by atoms with van der Waals surface area (Å²) in [7, 11) is 4.53. The van der Waals surface area contributed by atoms with Gasteiger partial charge in [0.05, 0.1) is 21.3 Å². The fourth-order valence-electron chi connectivity index (χ4n) is 2.40. The molecule has 0 aromatic heterocycles. The average Bonchev–Trinajstić information content (AvgIpc) is 2.59. The van der Waals surface area contributed by atoms with Gasteiger partial charge in [-0.1, -0.05) is 0 Å². The van der Waals surface area contributed by atoms with Crippen LogP contribution in [-0.4, -0.2) is 69.6 Å². The summed E-state index contributed by atoms with van der Waals surface area (Å²) in [4.78, 5) is 26.9. The summed E-state index contributed by atoms with van der Waals surface area (Å²) in [6.07, 6.45) is 0.802. The van der Waals surface area contributed by atoms with E-state index in [-0.39, 0.29) is 5.91 Å². The number of rotatable bonds is 5. The molecule has 1 aliphatic heterocycles. The zero-order chi connectivity index (χ0) is 16.1. The van der Waals surface area contributed by atoms with Crippen LogP contribution in [0.1, 0.15) is 10.4 Å². The van der Waals surface area contributed by atoms with Gasteiger partial charge in [0.2, 0.25) is 6.41 Å². The molecule has 0 N–H and O–H groups in total. The van der Waals surface area contributed by atoms with Gasteiger partial charge in [-0.25, -0.2) is 0 Å². The first-order valence-electron chi connectivity index (χ1n) is 6.93. The van der Waals surface area contributed by atoms with E-state index in [1.165, 1.54) is 21.3 Å². The molecule has 2 rings (SSSR count). The Kier molecular flexibility index (Phi) is 5.08. The Labute approximate surface area is 129 Å². The Hall–Kier alpha value is -2.44. The Morgan fingerprint density at radius 3 is 1.95 bits per heavy atom. The molecule has 1 saturated heterocycles. The van der Waals surface area contributed by atoms with E-state index in [9.17, 15) is 9.59 Å². The minimum atomic E-state index is -0.179. The monoisotopic (exact) mass is 308 g/mol. The molecule has 1 heterocycles. The van der Waals surface area contributed by atoms with Crippen LogP contribution in [0.2, 0.25) is 0 Å². The van der Waals surface area contributed by atoms with Crippen LogP contribution in [0, 0.1) is 0 Å². The maximum Gasteiger partial charge on any atom is 0.261 e. The molecule has 0 unspecified atom stereocenters. The summed E-state index contributed by atoms with van der Waals surface area (Å²) in [5.74, 6) is 1.18. The van der Waals surface area contributed by atoms with E-state index in [0.717, 1.165) is 6.41 Å². The van der Waals surface area contributed by atoms with Gasteiger partial charge in [-0.2, -0.15) is 0 Å². The van der Waals surface area contributed by atoms with E-state index >= 15 is 0 Å². The number of benzene rings is 1. The zero-order valence-corrected chi connectivity index (χ0v) is 13.0. The van der Waals surface area contributed by atoms with Gasteiger partial charge in [0.15, 0.2) is 0 Å². The fraction of sp³-hybridized carbons (Fsp3) is 0.467. The predicted octanol–water partition coefficient (Wildman–Crippen LogP) is 0.627. The lowest BCUT2D eigenvalue weighted by atomic mass is 10.1. The molecule has 2 amide bonds. The fourth-order valence-corrected chi connectivity index (χ4v) is 2.40. The molecular formula is C15H20N2O5. The summed E-state index contributed by atoms with van der Waals surface area (Å²) in [6, 6.07) is 3.30. The standard InChI is InChI=1S/C15H20N2O5/c1-20-11-8-12(21-2)14(13(9-11)22-3)15(19)17-6-4-16(10-18)5-7-17/h8-10H,4-7H2,1-3H3. The minimum Gasteiger partial charge on any atom is -0.496 e. The van der Waals surface area contributed by atoms with Crippen molar-refractivity contribution in [3.8, 4) is 17.2 Å². The lowest BCUT2D eigenvalue weighted by Gasteiger charge is -2.33. The molecule has 7 heteroatoms. The normalized spacial score (nSPS) is 14.5. The highest BCUT2D eigenvalue weighted by Gasteiger charge is 2.27. The molecule has 1 aromatic rings. The number of nitrogens with zero attached hydrogens (tertiary/aromatic N) is 2. The molecule has 1 aromatic carbocycles. The van der Waals surface area contributed by atoms with Gasteiger partial charge >= 0.3 is 0 Å². The number of carbonyl (C=O) groups excluding carboxylic acids is 2. The first kappa shape index (κ1) is 15.9. The number of amides is 2. The lowest BCUT2D eigenvalue weighted by molar-refractivity contribution is -0.119. The second kappa shape index (κ2) is 7.02. The van der Waals surface area contributed by atoms with Gasteiger partial charge in [0, 0.05) is 38.3 Å². The molecule has 0 aliphatic carbocycles. The van der Waals surface area contributed by atoms with Gasteiger partial charge in [0.1, 0.15) is 22.8 Å². The predicted molar refractivity (Wildman–Crippen MR) is 79.6 cm³/mol. The van der Waals surface area contributed by atoms with Crippen molar-refractivity contribution in [3.63, 3.8) is 0 Å². The van der Waals surface area contributed by atoms with Crippen molar-refractivity contribution in [1.82, 2.24) is 9.80 Å². The zero-order valence-electron chi connectivity index (χ0n) is 13.0. The summed E-state index contributed by atoms with van der Waals surface area (Å²) in [5, 5.41) is 0. The van der Waals surface area contributed by atoms with Crippen LogP contribution >= 0.6 is 0 Å². The van der Waals surface area contributed by atoms with Gasteiger partial charge in [-0.15, -0.1) is 0 Å². The minimum absolute atomic E-state index is 0.179. The maximum absolute atomic E-state index is 12.8. The van der Waals surface area contributed by atoms with E-state index in [0.29, 0.717) is 49.0 Å². The average molecular weight is 308 g/mol. The molecule has 0 radical (unpaired) electrons. The molecular weight excluding hydrogens is 288 g/mol. The highest BCUT2D eigenvalue weighted by atomic mass is 16.5. The highest BCUT2D eigenvalue weighted by molar-refractivity contribution is 6.00. The summed E-state index contributed by atoms with van der Waals surface area (Å²) in [5.41, 5.74) is 0.366. The summed E-state index contributed by atoms with van der Waals surface area (Å²) in [6.45, 7) is 2.01. The van der Waals surface area contributed by atoms with Crippen LogP contribution in [0.5, 0.6) is 17.2 Å². The highest BCUT2D eigenvalue weighted by Crippen LogP contribution is 2.35. The molecule has 1 fully saturated rings. The molecule has 0 atom stereocenters. The molecule has 0 bridgehead atoms. The van der Waals surface area contributed by atoms with Crippen LogP contribution < -0.4 is 14.2 Å². The number of methoxy groups -OCH3 is 3. The molecule has 1 aliphatic rings. The quantitative estimate of drug-likeness (QED) is 0.746. The molecule has 22 heavy (non-hydrogen) atoms. The van der Waals surface area contributed by atoms with Gasteiger partial charge in [-0.3, -0.25) is 9.59 Å². The maximum atomic E-state index is 12.8. The van der Waals surface area contributed by atoms with E-state index in [1.54, 1.807) is 21.9 Å². The molecule has 0 spiro atoms. The van der Waals surface area contributed by atoms with Crippen LogP contribution in [0.3, 0.4) is 0 Å². The van der Waals surface area contributed by atoms with Crippen molar-refractivity contribution in [2.75, 3.05) is 47.5 Å². The van der Waals surface area contributed by atoms with Crippen molar-refractivity contribution in [2.45, 2.75) is 0 Å². The van der Waals surface area contributed by atoms with E-state index in [4.69, 9.17) is 14.2 Å². The summed E-state index contributed by atoms with van der Waals surface area (Å²) >= 11 is 0. The third-order valence-corrected chi connectivity index (χ3v) is 3.68. The van der Waals surface area contributed by atoms with Crippen LogP contribution in [-0.2, 0) is 4.79 Å². The Balaban J connectivity index is 2.30. The number of ether oxygens (including phenoxy) is 3. The van der Waals surface area contributed by atoms with E-state index in [1.807, 2.05) is 0 Å². The van der Waals surface area contributed by atoms with Crippen molar-refractivity contribution in [3.05, 3.63) is 17.7 Å². The van der Waals surface area contributed by atoms with Gasteiger partial charge in [0.25, 0.3) is 5.91 Å². The molecule has 0 saturated carbocycles. The summed E-state index contributed by atoms with van der Waals surface area (Å²) < 4.78 is 15.8. The lowest BCUT2D eigenvalue weighted by Crippen LogP contribution is -2.48. The second-order valence-corrected chi connectivity index (χ2v) is 4.84. The van der Waals surface area contributed by atoms with Crippen molar-refractivity contribution < 1.29 is 23.8 Å². The number of carbonyl (C=O) groups is 2. The van der Waals surface area contributed by atoms with Crippen LogP contribution in [0.4, 0.5) is 0 Å². The number of hydrogen-bond donors (Lipinski definition) is 0. The van der Waals surface area contributed by atoms with Crippen molar-refractivity contribution >= 4 is 12.3 Å². The van der Waals surface area contributed by atoms with Crippen LogP contribution in [0.15, 0.2) is 12.1 Å². The smallest absolute Gasteiger partial charge is 0.261 e. The topological polar surface area (TPSA) is 68.3 Å².